The van der Waals surface area contributed by atoms with Gasteiger partial charge in [0, 0.05) is 47.2 Å². The van der Waals surface area contributed by atoms with Gasteiger partial charge >= 0.3 is 0 Å². The first kappa shape index (κ1) is 32.3. The Balaban J connectivity index is 1.25. The minimum absolute atomic E-state index is 0.0778. The van der Waals surface area contributed by atoms with Crippen molar-refractivity contribution in [3.8, 4) is 11.3 Å². The summed E-state index contributed by atoms with van der Waals surface area (Å²) in [5.74, 6) is 0.789. The van der Waals surface area contributed by atoms with E-state index in [4.69, 9.17) is 9.97 Å². The highest BCUT2D eigenvalue weighted by molar-refractivity contribution is 6.09. The highest BCUT2D eigenvalue weighted by atomic mass is 16.2. The summed E-state index contributed by atoms with van der Waals surface area (Å²) in [6.07, 6.45) is 8.71. The summed E-state index contributed by atoms with van der Waals surface area (Å²) in [6, 6.07) is 15.2. The van der Waals surface area contributed by atoms with Crippen LogP contribution in [-0.4, -0.2) is 63.0 Å². The van der Waals surface area contributed by atoms with Crippen molar-refractivity contribution in [2.45, 2.75) is 104 Å². The monoisotopic (exact) mass is 647 g/mol. The van der Waals surface area contributed by atoms with E-state index >= 15 is 0 Å². The number of fused-ring (bicyclic) bond motifs is 2. The maximum Gasteiger partial charge on any atom is 0.251 e. The van der Waals surface area contributed by atoms with Gasteiger partial charge in [-0.1, -0.05) is 31.5 Å². The predicted molar refractivity (Wildman–Crippen MR) is 193 cm³/mol. The third kappa shape index (κ3) is 5.66. The minimum Gasteiger partial charge on any atom is -0.352 e. The standard InChI is InChI=1S/C39H49N7O2/c1-7-15-40-37(47)30-19-27(13-11-25(30)4)42-36-35-33(41-23-45(35)24(2)3)22-32(43-36)26-12-14-31-34(18-26)46(38(48)39(31,5)6)29-20-28(21-29)44-16-9-8-10-17-44/h11-14,18-19,22-24,28-29H,7-10,15-17,20-21H2,1-6H3,(H,40,47)(H,42,43). The van der Waals surface area contributed by atoms with Crippen LogP contribution in [0.15, 0.2) is 48.8 Å². The predicted octanol–water partition coefficient (Wildman–Crippen LogP) is 7.51. The number of carbonyl (C=O) groups excluding carboxylic acids is 2. The Morgan fingerprint density at radius 1 is 1.02 bits per heavy atom. The number of anilines is 3. The molecule has 0 spiro atoms. The van der Waals surface area contributed by atoms with Crippen LogP contribution in [-0.2, 0) is 10.2 Å². The molecule has 0 atom stereocenters. The normalized spacial score (nSPS) is 20.6. The summed E-state index contributed by atoms with van der Waals surface area (Å²) in [5, 5.41) is 6.55. The van der Waals surface area contributed by atoms with Crippen LogP contribution >= 0.6 is 0 Å². The van der Waals surface area contributed by atoms with Crippen molar-refractivity contribution < 1.29 is 9.59 Å². The second-order valence-electron chi connectivity index (χ2n) is 14.8. The van der Waals surface area contributed by atoms with E-state index in [-0.39, 0.29) is 23.9 Å². The molecule has 2 aromatic heterocycles. The quantitative estimate of drug-likeness (QED) is 0.195. The number of aryl methyl sites for hydroxylation is 1. The third-order valence-electron chi connectivity index (χ3n) is 10.7. The molecular formula is C39H49N7O2. The molecule has 2 N–H and O–H groups in total. The van der Waals surface area contributed by atoms with Crippen LogP contribution in [0.3, 0.4) is 0 Å². The number of nitrogens with zero attached hydrogens (tertiary/aromatic N) is 5. The summed E-state index contributed by atoms with van der Waals surface area (Å²) < 4.78 is 2.12. The number of hydrogen-bond donors (Lipinski definition) is 2. The molecule has 4 aromatic rings. The lowest BCUT2D eigenvalue weighted by atomic mass is 9.82. The second-order valence-corrected chi connectivity index (χ2v) is 14.8. The SMILES string of the molecule is CCCNC(=O)c1cc(Nc2nc(-c3ccc4c(c3)N(C3CC(N5CCCCC5)C3)C(=O)C4(C)C)cc3ncn(C(C)C)c23)ccc1C. The van der Waals surface area contributed by atoms with Gasteiger partial charge in [-0.25, -0.2) is 9.97 Å². The fourth-order valence-corrected chi connectivity index (χ4v) is 7.76. The van der Waals surface area contributed by atoms with Crippen LogP contribution in [0.2, 0.25) is 0 Å². The second kappa shape index (κ2) is 12.7. The number of pyridine rings is 1. The van der Waals surface area contributed by atoms with Gasteiger partial charge in [0.2, 0.25) is 5.91 Å². The first-order valence-electron chi connectivity index (χ1n) is 17.8. The zero-order chi connectivity index (χ0) is 33.7. The molecule has 2 amide bonds. The Labute approximate surface area is 284 Å². The Bertz CT molecular complexity index is 1860. The molecule has 1 saturated carbocycles. The van der Waals surface area contributed by atoms with Crippen LogP contribution in [0, 0.1) is 6.92 Å². The van der Waals surface area contributed by atoms with E-state index in [0.717, 1.165) is 64.1 Å². The largest absolute Gasteiger partial charge is 0.352 e. The van der Waals surface area contributed by atoms with E-state index in [2.05, 4.69) is 70.9 Å². The van der Waals surface area contributed by atoms with Gasteiger partial charge in [0.1, 0.15) is 5.52 Å². The smallest absolute Gasteiger partial charge is 0.251 e. The van der Waals surface area contributed by atoms with Crippen LogP contribution < -0.4 is 15.5 Å². The topological polar surface area (TPSA) is 95.4 Å². The Morgan fingerprint density at radius 2 is 1.79 bits per heavy atom. The van der Waals surface area contributed by atoms with Crippen LogP contribution in [0.5, 0.6) is 0 Å². The fraction of sp³-hybridized carbons (Fsp3) is 0.487. The lowest BCUT2D eigenvalue weighted by molar-refractivity contribution is -0.123. The molecule has 2 fully saturated rings. The molecule has 2 aromatic carbocycles. The lowest BCUT2D eigenvalue weighted by Crippen LogP contribution is -2.57. The third-order valence-corrected chi connectivity index (χ3v) is 10.7. The molecule has 7 rings (SSSR count). The number of aromatic nitrogens is 3. The maximum atomic E-state index is 14.0. The van der Waals surface area contributed by atoms with Gasteiger partial charge in [-0.2, -0.15) is 0 Å². The number of likely N-dealkylation sites (tertiary alicyclic amines) is 1. The van der Waals surface area contributed by atoms with Crippen molar-refractivity contribution >= 4 is 40.0 Å². The van der Waals surface area contributed by atoms with E-state index < -0.39 is 5.41 Å². The molecule has 0 radical (unpaired) electrons. The Hall–Kier alpha value is -4.24. The molecule has 0 unspecified atom stereocenters. The minimum atomic E-state index is -0.573. The fourth-order valence-electron chi connectivity index (χ4n) is 7.76. The first-order valence-corrected chi connectivity index (χ1v) is 17.8. The van der Waals surface area contributed by atoms with Crippen LogP contribution in [0.4, 0.5) is 17.2 Å². The Morgan fingerprint density at radius 3 is 2.52 bits per heavy atom. The summed E-state index contributed by atoms with van der Waals surface area (Å²) >= 11 is 0. The van der Waals surface area contributed by atoms with Gasteiger partial charge in [0.25, 0.3) is 5.91 Å². The Kier molecular flexibility index (Phi) is 8.52. The summed E-state index contributed by atoms with van der Waals surface area (Å²) in [6.45, 7) is 15.4. The molecule has 4 heterocycles. The summed E-state index contributed by atoms with van der Waals surface area (Å²) in [7, 11) is 0. The number of carbonyl (C=O) groups is 2. The van der Waals surface area contributed by atoms with Gasteiger partial charge in [0.15, 0.2) is 5.82 Å². The summed E-state index contributed by atoms with van der Waals surface area (Å²) in [5.41, 5.74) is 7.33. The molecule has 1 aliphatic carbocycles. The van der Waals surface area contributed by atoms with Crippen molar-refractivity contribution in [2.75, 3.05) is 29.9 Å². The first-order chi connectivity index (χ1) is 23.1. The van der Waals surface area contributed by atoms with Crippen molar-refractivity contribution in [3.63, 3.8) is 0 Å². The molecule has 9 nitrogen and oxygen atoms in total. The van der Waals surface area contributed by atoms with Crippen LogP contribution in [0.25, 0.3) is 22.3 Å². The number of benzene rings is 2. The number of rotatable bonds is 9. The van der Waals surface area contributed by atoms with Gasteiger partial charge in [-0.3, -0.25) is 9.59 Å². The molecule has 2 aliphatic heterocycles. The molecule has 1 saturated heterocycles. The highest BCUT2D eigenvalue weighted by Gasteiger charge is 2.50. The van der Waals surface area contributed by atoms with Gasteiger partial charge in [0.05, 0.1) is 23.0 Å². The molecule has 9 heteroatoms. The molecule has 48 heavy (non-hydrogen) atoms. The van der Waals surface area contributed by atoms with Gasteiger partial charge in [-0.15, -0.1) is 0 Å². The number of amides is 2. The van der Waals surface area contributed by atoms with E-state index in [1.165, 1.54) is 32.4 Å². The van der Waals surface area contributed by atoms with E-state index in [1.807, 2.05) is 44.4 Å². The maximum absolute atomic E-state index is 14.0. The number of piperidine rings is 1. The van der Waals surface area contributed by atoms with Gasteiger partial charge < -0.3 is 25.0 Å². The van der Waals surface area contributed by atoms with Crippen molar-refractivity contribution in [3.05, 3.63) is 65.5 Å². The molecule has 3 aliphatic rings. The molecule has 252 valence electrons. The molecular weight excluding hydrogens is 598 g/mol. The zero-order valence-corrected chi connectivity index (χ0v) is 29.3. The van der Waals surface area contributed by atoms with Crippen molar-refractivity contribution in [2.24, 2.45) is 0 Å². The lowest BCUT2D eigenvalue weighted by Gasteiger charge is -2.48. The van der Waals surface area contributed by atoms with Crippen molar-refractivity contribution in [1.82, 2.24) is 24.8 Å². The highest BCUT2D eigenvalue weighted by Crippen LogP contribution is 2.48. The number of imidazole rings is 1. The van der Waals surface area contributed by atoms with Crippen molar-refractivity contribution in [1.29, 1.82) is 0 Å². The average molecular weight is 648 g/mol. The number of hydrogen-bond acceptors (Lipinski definition) is 6. The average Bonchev–Trinajstić information content (AvgIpc) is 3.58. The van der Waals surface area contributed by atoms with E-state index in [0.29, 0.717) is 24.0 Å². The van der Waals surface area contributed by atoms with Gasteiger partial charge in [-0.05, 0) is 115 Å². The number of nitrogens with one attached hydrogen (secondary N) is 2. The zero-order valence-electron chi connectivity index (χ0n) is 29.3. The van der Waals surface area contributed by atoms with E-state index in [9.17, 15) is 9.59 Å². The summed E-state index contributed by atoms with van der Waals surface area (Å²) in [4.78, 5) is 41.6. The molecule has 0 bridgehead atoms. The van der Waals surface area contributed by atoms with E-state index in [1.54, 1.807) is 0 Å². The van der Waals surface area contributed by atoms with Crippen LogP contribution in [0.1, 0.15) is 101 Å².